The van der Waals surface area contributed by atoms with Gasteiger partial charge in [-0.1, -0.05) is 11.6 Å². The first kappa shape index (κ1) is 17.6. The third kappa shape index (κ3) is 6.18. The van der Waals surface area contributed by atoms with Gasteiger partial charge >= 0.3 is 6.03 Å². The largest absolute Gasteiger partial charge is 0.492 e. The first-order valence-corrected chi connectivity index (χ1v) is 7.71. The van der Waals surface area contributed by atoms with Crippen LogP contribution in [0.1, 0.15) is 6.92 Å². The van der Waals surface area contributed by atoms with Gasteiger partial charge in [-0.25, -0.2) is 4.79 Å². The molecule has 0 aliphatic rings. The number of halogens is 1. The molecule has 7 heteroatoms. The Morgan fingerprint density at radius 3 is 2.12 bits per heavy atom. The lowest BCUT2D eigenvalue weighted by molar-refractivity contribution is -0.114. The monoisotopic (exact) mass is 347 g/mol. The minimum Gasteiger partial charge on any atom is -0.492 e. The highest BCUT2D eigenvalue weighted by molar-refractivity contribution is 6.30. The number of anilines is 2. The highest BCUT2D eigenvalue weighted by atomic mass is 35.5. The maximum absolute atomic E-state index is 11.8. The molecule has 6 nitrogen and oxygen atoms in total. The van der Waals surface area contributed by atoms with E-state index in [1.165, 1.54) is 6.92 Å². The van der Waals surface area contributed by atoms with Crippen LogP contribution >= 0.6 is 11.6 Å². The molecule has 0 unspecified atom stereocenters. The molecule has 0 fully saturated rings. The molecule has 0 spiro atoms. The van der Waals surface area contributed by atoms with Gasteiger partial charge in [-0.15, -0.1) is 0 Å². The summed E-state index contributed by atoms with van der Waals surface area (Å²) in [5.41, 5.74) is 1.30. The number of nitrogens with one attached hydrogen (secondary N) is 3. The molecule has 24 heavy (non-hydrogen) atoms. The van der Waals surface area contributed by atoms with Gasteiger partial charge in [0.05, 0.1) is 6.54 Å². The Morgan fingerprint density at radius 2 is 1.54 bits per heavy atom. The summed E-state index contributed by atoms with van der Waals surface area (Å²) in [4.78, 5) is 22.7. The SMILES string of the molecule is CC(=O)Nc1ccc(NC(=O)NCCOc2ccc(Cl)cc2)cc1. The highest BCUT2D eigenvalue weighted by Crippen LogP contribution is 2.15. The number of carbonyl (C=O) groups excluding carboxylic acids is 2. The predicted octanol–water partition coefficient (Wildman–Crippen LogP) is 3.50. The smallest absolute Gasteiger partial charge is 0.319 e. The molecule has 3 amide bonds. The van der Waals surface area contributed by atoms with E-state index in [1.54, 1.807) is 48.5 Å². The number of rotatable bonds is 6. The molecule has 0 bridgehead atoms. The Bertz CT molecular complexity index is 687. The maximum Gasteiger partial charge on any atom is 0.319 e. The number of benzene rings is 2. The van der Waals surface area contributed by atoms with Crippen LogP contribution < -0.4 is 20.7 Å². The molecule has 0 saturated carbocycles. The summed E-state index contributed by atoms with van der Waals surface area (Å²) in [6.45, 7) is 2.14. The number of urea groups is 1. The minimum atomic E-state index is -0.331. The van der Waals surface area contributed by atoms with Gasteiger partial charge in [-0.3, -0.25) is 4.79 Å². The van der Waals surface area contributed by atoms with Crippen molar-refractivity contribution in [3.05, 3.63) is 53.6 Å². The molecule has 2 aromatic carbocycles. The quantitative estimate of drug-likeness (QED) is 0.700. The van der Waals surface area contributed by atoms with Crippen LogP contribution in [0.3, 0.4) is 0 Å². The average Bonchev–Trinajstić information content (AvgIpc) is 2.55. The molecule has 0 atom stereocenters. The third-order valence-corrected chi connectivity index (χ3v) is 3.19. The van der Waals surface area contributed by atoms with Crippen LogP contribution in [0.4, 0.5) is 16.2 Å². The first-order valence-electron chi connectivity index (χ1n) is 7.34. The summed E-state index contributed by atoms with van der Waals surface area (Å²) in [5.74, 6) is 0.546. The maximum atomic E-state index is 11.8. The van der Waals surface area contributed by atoms with Crippen molar-refractivity contribution in [2.75, 3.05) is 23.8 Å². The first-order chi connectivity index (χ1) is 11.5. The molecule has 3 N–H and O–H groups in total. The van der Waals surface area contributed by atoms with Crippen LogP contribution in [-0.2, 0) is 4.79 Å². The zero-order valence-corrected chi connectivity index (χ0v) is 13.9. The van der Waals surface area contributed by atoms with E-state index in [1.807, 2.05) is 0 Å². The van der Waals surface area contributed by atoms with E-state index in [0.717, 1.165) is 0 Å². The standard InChI is InChI=1S/C17H18ClN3O3/c1-12(22)20-14-4-6-15(7-5-14)21-17(23)19-10-11-24-16-8-2-13(18)3-9-16/h2-9H,10-11H2,1H3,(H,20,22)(H2,19,21,23). The Hall–Kier alpha value is -2.73. The van der Waals surface area contributed by atoms with E-state index in [2.05, 4.69) is 16.0 Å². The molecule has 0 heterocycles. The predicted molar refractivity (Wildman–Crippen MR) is 94.7 cm³/mol. The summed E-state index contributed by atoms with van der Waals surface area (Å²) >= 11 is 5.78. The van der Waals surface area contributed by atoms with Crippen molar-refractivity contribution in [1.82, 2.24) is 5.32 Å². The van der Waals surface area contributed by atoms with Crippen LogP contribution in [0.5, 0.6) is 5.75 Å². The van der Waals surface area contributed by atoms with E-state index in [4.69, 9.17) is 16.3 Å². The van der Waals surface area contributed by atoms with Gasteiger partial charge in [0, 0.05) is 23.3 Å². The number of ether oxygens (including phenoxy) is 1. The van der Waals surface area contributed by atoms with Gasteiger partial charge in [0.25, 0.3) is 0 Å². The van der Waals surface area contributed by atoms with E-state index in [0.29, 0.717) is 35.3 Å². The van der Waals surface area contributed by atoms with Gasteiger partial charge in [-0.2, -0.15) is 0 Å². The van der Waals surface area contributed by atoms with Crippen molar-refractivity contribution in [2.24, 2.45) is 0 Å². The Kier molecular flexibility index (Phi) is 6.45. The van der Waals surface area contributed by atoms with Gasteiger partial charge in [-0.05, 0) is 48.5 Å². The fourth-order valence-corrected chi connectivity index (χ4v) is 2.01. The number of hydrogen-bond acceptors (Lipinski definition) is 3. The lowest BCUT2D eigenvalue weighted by Gasteiger charge is -2.10. The number of hydrogen-bond donors (Lipinski definition) is 3. The Labute approximate surface area is 145 Å². The van der Waals surface area contributed by atoms with Crippen LogP contribution in [0.2, 0.25) is 5.02 Å². The molecule has 2 rings (SSSR count). The molecule has 0 aromatic heterocycles. The lowest BCUT2D eigenvalue weighted by atomic mass is 10.3. The molecule has 0 radical (unpaired) electrons. The van der Waals surface area contributed by atoms with Crippen LogP contribution in [0, 0.1) is 0 Å². The molecular formula is C17H18ClN3O3. The minimum absolute atomic E-state index is 0.144. The number of carbonyl (C=O) groups is 2. The van der Waals surface area contributed by atoms with Crippen molar-refractivity contribution < 1.29 is 14.3 Å². The van der Waals surface area contributed by atoms with Crippen LogP contribution in [-0.4, -0.2) is 25.1 Å². The van der Waals surface area contributed by atoms with Crippen molar-refractivity contribution >= 4 is 34.9 Å². The molecular weight excluding hydrogens is 330 g/mol. The number of amides is 3. The zero-order chi connectivity index (χ0) is 17.4. The molecule has 2 aromatic rings. The van der Waals surface area contributed by atoms with E-state index < -0.39 is 0 Å². The summed E-state index contributed by atoms with van der Waals surface area (Å²) < 4.78 is 5.47. The van der Waals surface area contributed by atoms with Crippen molar-refractivity contribution in [3.63, 3.8) is 0 Å². The van der Waals surface area contributed by atoms with Crippen LogP contribution in [0.15, 0.2) is 48.5 Å². The fraction of sp³-hybridized carbons (Fsp3) is 0.176. The third-order valence-electron chi connectivity index (χ3n) is 2.93. The Morgan fingerprint density at radius 1 is 0.958 bits per heavy atom. The second-order valence-corrected chi connectivity index (χ2v) is 5.38. The Balaban J connectivity index is 1.69. The summed E-state index contributed by atoms with van der Waals surface area (Å²) in [6, 6.07) is 13.5. The highest BCUT2D eigenvalue weighted by Gasteiger charge is 2.02. The van der Waals surface area contributed by atoms with Crippen molar-refractivity contribution in [3.8, 4) is 5.75 Å². The summed E-state index contributed by atoms with van der Waals surface area (Å²) in [5, 5.41) is 8.68. The second-order valence-electron chi connectivity index (χ2n) is 4.94. The molecule has 0 aliphatic carbocycles. The second kappa shape index (κ2) is 8.79. The van der Waals surface area contributed by atoms with E-state index >= 15 is 0 Å². The summed E-state index contributed by atoms with van der Waals surface area (Å²) in [7, 11) is 0. The molecule has 0 aliphatic heterocycles. The van der Waals surface area contributed by atoms with E-state index in [9.17, 15) is 9.59 Å². The normalized spacial score (nSPS) is 9.92. The molecule has 0 saturated heterocycles. The van der Waals surface area contributed by atoms with Crippen LogP contribution in [0.25, 0.3) is 0 Å². The van der Waals surface area contributed by atoms with Gasteiger partial charge in [0.2, 0.25) is 5.91 Å². The summed E-state index contributed by atoms with van der Waals surface area (Å²) in [6.07, 6.45) is 0. The van der Waals surface area contributed by atoms with Crippen molar-refractivity contribution in [1.29, 1.82) is 0 Å². The van der Waals surface area contributed by atoms with Gasteiger partial charge in [0.15, 0.2) is 0 Å². The topological polar surface area (TPSA) is 79.5 Å². The zero-order valence-electron chi connectivity index (χ0n) is 13.1. The van der Waals surface area contributed by atoms with Gasteiger partial charge in [0.1, 0.15) is 12.4 Å². The average molecular weight is 348 g/mol. The molecule has 126 valence electrons. The lowest BCUT2D eigenvalue weighted by Crippen LogP contribution is -2.32. The van der Waals surface area contributed by atoms with Gasteiger partial charge < -0.3 is 20.7 Å². The fourth-order valence-electron chi connectivity index (χ4n) is 1.88. The van der Waals surface area contributed by atoms with Crippen molar-refractivity contribution in [2.45, 2.75) is 6.92 Å². The van der Waals surface area contributed by atoms with E-state index in [-0.39, 0.29) is 11.9 Å².